The first-order valence-electron chi connectivity index (χ1n) is 14.3. The first kappa shape index (κ1) is 27.3. The number of likely N-dealkylation sites (tertiary alicyclic amines) is 2. The Kier molecular flexibility index (Phi) is 9.12. The summed E-state index contributed by atoms with van der Waals surface area (Å²) in [5.74, 6) is 0.142. The zero-order chi connectivity index (χ0) is 26.5. The predicted molar refractivity (Wildman–Crippen MR) is 147 cm³/mol. The molecule has 3 heterocycles. The van der Waals surface area contributed by atoms with Gasteiger partial charge in [-0.15, -0.1) is 0 Å². The van der Waals surface area contributed by atoms with Crippen LogP contribution in [0.25, 0.3) is 0 Å². The molecule has 3 aliphatic heterocycles. The number of carbonyl (C=O) groups is 1. The lowest BCUT2D eigenvalue weighted by atomic mass is 9.90. The normalized spacial score (nSPS) is 28.6. The topological polar surface area (TPSA) is 74.3 Å². The van der Waals surface area contributed by atoms with Crippen LogP contribution in [0.15, 0.2) is 48.5 Å². The summed E-state index contributed by atoms with van der Waals surface area (Å²) < 4.78 is 13.3. The predicted octanol–water partition coefficient (Wildman–Crippen LogP) is 4.17. The quantitative estimate of drug-likeness (QED) is 0.516. The molecule has 5 atom stereocenters. The Labute approximate surface area is 227 Å². The molecule has 206 valence electrons. The minimum absolute atomic E-state index is 0.0356. The molecule has 38 heavy (non-hydrogen) atoms. The lowest BCUT2D eigenvalue weighted by Crippen LogP contribution is -2.48. The van der Waals surface area contributed by atoms with Crippen molar-refractivity contribution in [3.8, 4) is 0 Å². The Hall–Kier alpha value is -2.29. The molecule has 1 amide bonds. The number of hydrogen-bond donors (Lipinski definition) is 2. The molecule has 5 rings (SSSR count). The largest absolute Gasteiger partial charge is 0.392 e. The van der Waals surface area contributed by atoms with E-state index in [1.54, 1.807) is 0 Å². The van der Waals surface area contributed by atoms with E-state index in [1.807, 2.05) is 36.4 Å². The Bertz CT molecular complexity index is 1040. The van der Waals surface area contributed by atoms with Crippen molar-refractivity contribution in [2.24, 2.45) is 5.92 Å². The molecule has 0 aliphatic carbocycles. The van der Waals surface area contributed by atoms with Gasteiger partial charge in [0.2, 0.25) is 5.91 Å². The van der Waals surface area contributed by atoms with Crippen LogP contribution >= 0.6 is 0 Å². The number of carbonyl (C=O) groups excluding carboxylic acids is 1. The van der Waals surface area contributed by atoms with E-state index in [4.69, 9.17) is 9.47 Å². The highest BCUT2D eigenvalue weighted by Gasteiger charge is 2.40. The fraction of sp³-hybridized carbons (Fsp3) is 0.581. The maximum absolute atomic E-state index is 11.3. The monoisotopic (exact) mass is 521 g/mol. The maximum atomic E-state index is 11.3. The van der Waals surface area contributed by atoms with Crippen LogP contribution in [-0.2, 0) is 27.4 Å². The van der Waals surface area contributed by atoms with Gasteiger partial charge in [0, 0.05) is 44.1 Å². The Morgan fingerprint density at radius 2 is 1.61 bits per heavy atom. The van der Waals surface area contributed by atoms with Crippen LogP contribution in [0.4, 0.5) is 0 Å². The Morgan fingerprint density at radius 3 is 2.29 bits per heavy atom. The van der Waals surface area contributed by atoms with E-state index >= 15 is 0 Å². The lowest BCUT2D eigenvalue weighted by Gasteiger charge is -2.43. The van der Waals surface area contributed by atoms with Gasteiger partial charge in [-0.1, -0.05) is 55.5 Å². The number of rotatable bonds is 9. The van der Waals surface area contributed by atoms with Gasteiger partial charge >= 0.3 is 0 Å². The molecule has 7 heteroatoms. The van der Waals surface area contributed by atoms with Crippen molar-refractivity contribution in [1.82, 2.24) is 15.1 Å². The van der Waals surface area contributed by atoms with Crippen molar-refractivity contribution < 1.29 is 19.4 Å². The number of benzene rings is 2. The number of nitrogens with one attached hydrogen (secondary N) is 1. The number of aliphatic hydroxyl groups excluding tert-OH is 1. The van der Waals surface area contributed by atoms with Gasteiger partial charge in [0.1, 0.15) is 0 Å². The smallest absolute Gasteiger partial charge is 0.217 e. The summed E-state index contributed by atoms with van der Waals surface area (Å²) in [5.41, 5.74) is 4.05. The summed E-state index contributed by atoms with van der Waals surface area (Å²) in [6.45, 7) is 10.00. The molecule has 0 bridgehead atoms. The SMILES string of the molecule is CC(=O)NCc1ccc(C2OC(CN3CCCC3CN3CCCC3)C(C)C(c3ccc(CO)cc3)O2)cc1. The van der Waals surface area contributed by atoms with Crippen LogP contribution in [0.1, 0.15) is 74.2 Å². The van der Waals surface area contributed by atoms with Crippen molar-refractivity contribution in [2.45, 2.75) is 77.2 Å². The summed E-state index contributed by atoms with van der Waals surface area (Å²) in [6, 6.07) is 16.9. The number of aliphatic hydroxyl groups is 1. The number of nitrogens with zero attached hydrogens (tertiary/aromatic N) is 2. The lowest BCUT2D eigenvalue weighted by molar-refractivity contribution is -0.276. The summed E-state index contributed by atoms with van der Waals surface area (Å²) in [5, 5.41) is 12.4. The van der Waals surface area contributed by atoms with Gasteiger partial charge in [-0.05, 0) is 62.0 Å². The minimum atomic E-state index is -0.465. The Balaban J connectivity index is 1.34. The van der Waals surface area contributed by atoms with Crippen LogP contribution in [0.3, 0.4) is 0 Å². The van der Waals surface area contributed by atoms with Gasteiger partial charge in [0.15, 0.2) is 6.29 Å². The van der Waals surface area contributed by atoms with Crippen LogP contribution in [0, 0.1) is 5.92 Å². The second kappa shape index (κ2) is 12.7. The van der Waals surface area contributed by atoms with Gasteiger partial charge in [-0.2, -0.15) is 0 Å². The standard InChI is InChI=1S/C31H43N3O4/c1-22-29(20-34-17-5-6-28(34)19-33-15-3-4-16-33)37-31(27-13-7-24(8-14-27)18-32-23(2)36)38-30(22)26-11-9-25(21-35)10-12-26/h7-14,22,28-31,35H,3-6,15-21H2,1-2H3,(H,32,36). The van der Waals surface area contributed by atoms with E-state index in [0.29, 0.717) is 12.6 Å². The second-order valence-electron chi connectivity index (χ2n) is 11.3. The van der Waals surface area contributed by atoms with Crippen molar-refractivity contribution in [3.05, 3.63) is 70.8 Å². The number of ether oxygens (including phenoxy) is 2. The average Bonchev–Trinajstić information content (AvgIpc) is 3.61. The zero-order valence-corrected chi connectivity index (χ0v) is 22.9. The third kappa shape index (κ3) is 6.64. The second-order valence-corrected chi connectivity index (χ2v) is 11.3. The van der Waals surface area contributed by atoms with Gasteiger partial charge in [0.05, 0.1) is 18.8 Å². The summed E-state index contributed by atoms with van der Waals surface area (Å²) in [4.78, 5) is 16.6. The molecule has 7 nitrogen and oxygen atoms in total. The van der Waals surface area contributed by atoms with Crippen LogP contribution < -0.4 is 5.32 Å². The van der Waals surface area contributed by atoms with Crippen LogP contribution in [0.2, 0.25) is 0 Å². The molecule has 0 radical (unpaired) electrons. The molecule has 0 aromatic heterocycles. The molecule has 2 aromatic rings. The van der Waals surface area contributed by atoms with Crippen molar-refractivity contribution >= 4 is 5.91 Å². The first-order valence-corrected chi connectivity index (χ1v) is 14.3. The van der Waals surface area contributed by atoms with E-state index in [0.717, 1.165) is 35.3 Å². The van der Waals surface area contributed by atoms with Gasteiger partial charge in [0.25, 0.3) is 0 Å². The van der Waals surface area contributed by atoms with Crippen molar-refractivity contribution in [2.75, 3.05) is 32.7 Å². The van der Waals surface area contributed by atoms with E-state index in [-0.39, 0.29) is 30.6 Å². The highest BCUT2D eigenvalue weighted by atomic mass is 16.7. The number of amides is 1. The van der Waals surface area contributed by atoms with E-state index < -0.39 is 6.29 Å². The minimum Gasteiger partial charge on any atom is -0.392 e. The fourth-order valence-corrected chi connectivity index (χ4v) is 6.18. The van der Waals surface area contributed by atoms with Crippen LogP contribution in [0.5, 0.6) is 0 Å². The highest BCUT2D eigenvalue weighted by molar-refractivity contribution is 5.72. The molecule has 2 N–H and O–H groups in total. The third-order valence-corrected chi connectivity index (χ3v) is 8.50. The first-order chi connectivity index (χ1) is 18.5. The maximum Gasteiger partial charge on any atom is 0.217 e. The average molecular weight is 522 g/mol. The van der Waals surface area contributed by atoms with Crippen LogP contribution in [-0.4, -0.2) is 65.7 Å². The summed E-state index contributed by atoms with van der Waals surface area (Å²) >= 11 is 0. The third-order valence-electron chi connectivity index (χ3n) is 8.50. The molecule has 3 saturated heterocycles. The molecule has 2 aromatic carbocycles. The molecule has 5 unspecified atom stereocenters. The molecule has 0 saturated carbocycles. The fourth-order valence-electron chi connectivity index (χ4n) is 6.18. The van der Waals surface area contributed by atoms with E-state index in [1.165, 1.54) is 52.2 Å². The zero-order valence-electron chi connectivity index (χ0n) is 22.9. The van der Waals surface area contributed by atoms with E-state index in [2.05, 4.69) is 34.2 Å². The van der Waals surface area contributed by atoms with Crippen molar-refractivity contribution in [3.63, 3.8) is 0 Å². The molecular formula is C31H43N3O4. The van der Waals surface area contributed by atoms with Gasteiger partial charge < -0.3 is 24.8 Å². The van der Waals surface area contributed by atoms with E-state index in [9.17, 15) is 9.90 Å². The van der Waals surface area contributed by atoms with Gasteiger partial charge in [-0.25, -0.2) is 0 Å². The summed E-state index contributed by atoms with van der Waals surface area (Å²) in [6.07, 6.45) is 4.64. The highest BCUT2D eigenvalue weighted by Crippen LogP contribution is 2.42. The molecular weight excluding hydrogens is 478 g/mol. The Morgan fingerprint density at radius 1 is 0.921 bits per heavy atom. The summed E-state index contributed by atoms with van der Waals surface area (Å²) in [7, 11) is 0. The molecule has 3 fully saturated rings. The number of hydrogen-bond acceptors (Lipinski definition) is 6. The van der Waals surface area contributed by atoms with Crippen molar-refractivity contribution in [1.29, 1.82) is 0 Å². The van der Waals surface area contributed by atoms with Gasteiger partial charge in [-0.3, -0.25) is 9.69 Å². The molecule has 3 aliphatic rings. The molecule has 0 spiro atoms.